The average Bonchev–Trinajstić information content (AvgIpc) is 3.05. The molecule has 0 aliphatic carbocycles. The molecule has 3 aromatic rings. The van der Waals surface area contributed by atoms with Crippen LogP contribution in [0.5, 0.6) is 5.75 Å². The molecule has 0 radical (unpaired) electrons. The molecule has 0 unspecified atom stereocenters. The molecule has 5 nitrogen and oxygen atoms in total. The van der Waals surface area contributed by atoms with E-state index >= 15 is 0 Å². The number of nitrogens with one attached hydrogen (secondary N) is 1. The van der Waals surface area contributed by atoms with E-state index in [9.17, 15) is 4.79 Å². The number of hydrogen-bond donors (Lipinski definition) is 1. The highest BCUT2D eigenvalue weighted by atomic mass is 79.9. The van der Waals surface area contributed by atoms with E-state index < -0.39 is 0 Å². The topological polar surface area (TPSA) is 64.1 Å². The molecule has 1 heterocycles. The lowest BCUT2D eigenvalue weighted by atomic mass is 10.1. The molecule has 0 spiro atoms. The molecule has 1 aromatic heterocycles. The van der Waals surface area contributed by atoms with Crippen LogP contribution in [0.4, 0.5) is 5.69 Å². The molecule has 7 heteroatoms. The molecule has 1 N–H and O–H groups in total. The van der Waals surface area contributed by atoms with Crippen molar-refractivity contribution in [3.8, 4) is 17.0 Å². The molecule has 116 valence electrons. The molecule has 23 heavy (non-hydrogen) atoms. The van der Waals surface area contributed by atoms with Gasteiger partial charge in [-0.3, -0.25) is 4.79 Å². The van der Waals surface area contributed by atoms with Crippen molar-refractivity contribution in [2.45, 2.75) is 0 Å². The van der Waals surface area contributed by atoms with Crippen molar-refractivity contribution in [2.24, 2.45) is 0 Å². The van der Waals surface area contributed by atoms with Gasteiger partial charge in [0.15, 0.2) is 0 Å². The van der Waals surface area contributed by atoms with Crippen LogP contribution in [-0.2, 0) is 0 Å². The van der Waals surface area contributed by atoms with Crippen molar-refractivity contribution in [1.29, 1.82) is 0 Å². The highest BCUT2D eigenvalue weighted by Crippen LogP contribution is 2.27. The van der Waals surface area contributed by atoms with Crippen molar-refractivity contribution in [3.05, 3.63) is 57.9 Å². The van der Waals surface area contributed by atoms with Crippen molar-refractivity contribution in [3.63, 3.8) is 0 Å². The quantitative estimate of drug-likeness (QED) is 0.724. The Hall–Kier alpha value is -2.25. The van der Waals surface area contributed by atoms with Gasteiger partial charge in [-0.25, -0.2) is 0 Å². The van der Waals surface area contributed by atoms with Gasteiger partial charge in [-0.2, -0.15) is 0 Å². The van der Waals surface area contributed by atoms with E-state index in [1.807, 2.05) is 48.5 Å². The van der Waals surface area contributed by atoms with Gasteiger partial charge >= 0.3 is 0 Å². The Morgan fingerprint density at radius 3 is 2.70 bits per heavy atom. The number of ether oxygens (including phenoxy) is 1. The summed E-state index contributed by atoms with van der Waals surface area (Å²) in [5.74, 6) is 0.515. The van der Waals surface area contributed by atoms with E-state index in [1.165, 1.54) is 0 Å². The smallest absolute Gasteiger partial charge is 0.269 e. The summed E-state index contributed by atoms with van der Waals surface area (Å²) in [6, 6.07) is 14.8. The lowest BCUT2D eigenvalue weighted by Crippen LogP contribution is -2.11. The number of hydrogen-bond acceptors (Lipinski definition) is 5. The highest BCUT2D eigenvalue weighted by molar-refractivity contribution is 9.10. The normalized spacial score (nSPS) is 10.3. The first kappa shape index (κ1) is 15.6. The van der Waals surface area contributed by atoms with E-state index in [-0.39, 0.29) is 5.91 Å². The molecule has 0 aliphatic rings. The monoisotopic (exact) mass is 389 g/mol. The van der Waals surface area contributed by atoms with Crippen LogP contribution >= 0.6 is 27.5 Å². The lowest BCUT2D eigenvalue weighted by molar-refractivity contribution is 0.103. The summed E-state index contributed by atoms with van der Waals surface area (Å²) in [4.78, 5) is 13.0. The van der Waals surface area contributed by atoms with E-state index in [1.54, 1.807) is 7.11 Å². The van der Waals surface area contributed by atoms with Gasteiger partial charge in [-0.15, -0.1) is 5.10 Å². The fraction of sp³-hybridized carbons (Fsp3) is 0.0625. The fourth-order valence-electron chi connectivity index (χ4n) is 2.03. The molecule has 0 atom stereocenters. The number of benzene rings is 2. The van der Waals surface area contributed by atoms with Crippen LogP contribution in [0.2, 0.25) is 0 Å². The Morgan fingerprint density at radius 1 is 1.22 bits per heavy atom. The summed E-state index contributed by atoms with van der Waals surface area (Å²) in [6.45, 7) is 0. The third-order valence-electron chi connectivity index (χ3n) is 3.14. The maximum atomic E-state index is 12.5. The number of rotatable bonds is 4. The highest BCUT2D eigenvalue weighted by Gasteiger charge is 2.18. The van der Waals surface area contributed by atoms with Crippen LogP contribution in [0.1, 0.15) is 9.67 Å². The standard InChI is InChI=1S/C16H12BrN3O2S/c1-22-13-7-5-10(6-8-13)14-15(23-20-19-14)16(21)18-12-4-2-3-11(17)9-12/h2-9H,1H3,(H,18,21). The fourth-order valence-corrected chi connectivity index (χ4v) is 3.01. The lowest BCUT2D eigenvalue weighted by Gasteiger charge is -2.06. The largest absolute Gasteiger partial charge is 0.497 e. The first-order chi connectivity index (χ1) is 11.2. The van der Waals surface area contributed by atoms with Gasteiger partial charge < -0.3 is 10.1 Å². The average molecular weight is 390 g/mol. The van der Waals surface area contributed by atoms with Gasteiger partial charge in [0.1, 0.15) is 16.3 Å². The number of amides is 1. The van der Waals surface area contributed by atoms with Crippen molar-refractivity contribution in [2.75, 3.05) is 12.4 Å². The predicted octanol–water partition coefficient (Wildman–Crippen LogP) is 4.23. The second kappa shape index (κ2) is 6.89. The molecular formula is C16H12BrN3O2S. The van der Waals surface area contributed by atoms with Crippen molar-refractivity contribution in [1.82, 2.24) is 9.59 Å². The summed E-state index contributed by atoms with van der Waals surface area (Å²) >= 11 is 4.45. The van der Waals surface area contributed by atoms with Crippen molar-refractivity contribution >= 4 is 39.1 Å². The SMILES string of the molecule is COc1ccc(-c2nnsc2C(=O)Nc2cccc(Br)c2)cc1. The predicted molar refractivity (Wildman–Crippen MR) is 94.0 cm³/mol. The minimum Gasteiger partial charge on any atom is -0.497 e. The number of aromatic nitrogens is 2. The Morgan fingerprint density at radius 2 is 2.00 bits per heavy atom. The first-order valence-corrected chi connectivity index (χ1v) is 8.27. The maximum Gasteiger partial charge on any atom is 0.269 e. The third-order valence-corrected chi connectivity index (χ3v) is 4.36. The van der Waals surface area contributed by atoms with Crippen LogP contribution in [-0.4, -0.2) is 22.6 Å². The zero-order chi connectivity index (χ0) is 16.2. The van der Waals surface area contributed by atoms with Crippen molar-refractivity contribution < 1.29 is 9.53 Å². The molecular weight excluding hydrogens is 378 g/mol. The maximum absolute atomic E-state index is 12.5. The number of nitrogens with zero attached hydrogens (tertiary/aromatic N) is 2. The van der Waals surface area contributed by atoms with Crippen LogP contribution < -0.4 is 10.1 Å². The zero-order valence-electron chi connectivity index (χ0n) is 12.1. The summed E-state index contributed by atoms with van der Waals surface area (Å²) in [6.07, 6.45) is 0. The second-order valence-corrected chi connectivity index (χ2v) is 6.31. The van der Waals surface area contributed by atoms with E-state index in [0.717, 1.165) is 27.3 Å². The van der Waals surface area contributed by atoms with Gasteiger partial charge in [0.2, 0.25) is 0 Å². The Bertz CT molecular complexity index is 833. The van der Waals surface area contributed by atoms with E-state index in [2.05, 4.69) is 30.8 Å². The van der Waals surface area contributed by atoms with Gasteiger partial charge in [-0.05, 0) is 54.0 Å². The molecule has 3 rings (SSSR count). The Balaban J connectivity index is 1.86. The zero-order valence-corrected chi connectivity index (χ0v) is 14.5. The summed E-state index contributed by atoms with van der Waals surface area (Å²) < 4.78 is 9.95. The molecule has 0 fully saturated rings. The van der Waals surface area contributed by atoms with Gasteiger partial charge in [0.25, 0.3) is 5.91 Å². The van der Waals surface area contributed by atoms with Gasteiger partial charge in [-0.1, -0.05) is 26.5 Å². The number of methoxy groups -OCH3 is 1. The molecule has 0 saturated heterocycles. The van der Waals surface area contributed by atoms with Crippen LogP contribution in [0.3, 0.4) is 0 Å². The summed E-state index contributed by atoms with van der Waals surface area (Å²) in [7, 11) is 1.61. The minimum absolute atomic E-state index is 0.232. The minimum atomic E-state index is -0.232. The molecule has 0 saturated carbocycles. The number of carbonyl (C=O) groups is 1. The van der Waals surface area contributed by atoms with E-state index in [4.69, 9.17) is 4.74 Å². The molecule has 0 bridgehead atoms. The Labute approximate surface area is 145 Å². The number of halogens is 1. The molecule has 1 amide bonds. The van der Waals surface area contributed by atoms with Crippen LogP contribution in [0, 0.1) is 0 Å². The van der Waals surface area contributed by atoms with Crippen LogP contribution in [0.15, 0.2) is 53.0 Å². The third kappa shape index (κ3) is 3.57. The van der Waals surface area contributed by atoms with Gasteiger partial charge in [0.05, 0.1) is 7.11 Å². The number of carbonyl (C=O) groups excluding carboxylic acids is 1. The Kier molecular flexibility index (Phi) is 4.68. The summed E-state index contributed by atoms with van der Waals surface area (Å²) in [5, 5.41) is 6.93. The van der Waals surface area contributed by atoms with E-state index in [0.29, 0.717) is 16.3 Å². The number of anilines is 1. The van der Waals surface area contributed by atoms with Crippen LogP contribution in [0.25, 0.3) is 11.3 Å². The summed E-state index contributed by atoms with van der Waals surface area (Å²) in [5.41, 5.74) is 2.09. The first-order valence-electron chi connectivity index (χ1n) is 6.71. The second-order valence-electron chi connectivity index (χ2n) is 4.64. The molecule has 2 aromatic carbocycles. The molecule has 0 aliphatic heterocycles. The van der Waals surface area contributed by atoms with Gasteiger partial charge in [0, 0.05) is 15.7 Å².